The molecule has 0 amide bonds. The lowest BCUT2D eigenvalue weighted by atomic mass is 10.1. The summed E-state index contributed by atoms with van der Waals surface area (Å²) < 4.78 is 5.39. The van der Waals surface area contributed by atoms with Gasteiger partial charge in [0.15, 0.2) is 0 Å². The van der Waals surface area contributed by atoms with Gasteiger partial charge in [-0.15, -0.1) is 6.58 Å². The second-order valence-electron chi connectivity index (χ2n) is 3.68. The van der Waals surface area contributed by atoms with E-state index < -0.39 is 0 Å². The van der Waals surface area contributed by atoms with Crippen molar-refractivity contribution < 1.29 is 4.74 Å². The maximum atomic E-state index is 5.39. The molecular formula is C14H21NO. The predicted molar refractivity (Wildman–Crippen MR) is 68.6 cm³/mol. The Morgan fingerprint density at radius 2 is 1.94 bits per heavy atom. The number of hydrogen-bond acceptors (Lipinski definition) is 2. The molecule has 0 spiro atoms. The molecule has 2 heteroatoms. The summed E-state index contributed by atoms with van der Waals surface area (Å²) >= 11 is 0. The molecule has 0 saturated heterocycles. The third-order valence-electron chi connectivity index (χ3n) is 2.32. The van der Waals surface area contributed by atoms with E-state index in [1.807, 2.05) is 12.1 Å². The van der Waals surface area contributed by atoms with Crippen molar-refractivity contribution in [3.05, 3.63) is 48.6 Å². The van der Waals surface area contributed by atoms with Gasteiger partial charge in [-0.1, -0.05) is 36.4 Å². The molecule has 2 nitrogen and oxygen atoms in total. The largest absolute Gasteiger partial charge is 0.380 e. The molecule has 0 radical (unpaired) electrons. The fourth-order valence-corrected chi connectivity index (χ4v) is 1.42. The van der Waals surface area contributed by atoms with Crippen molar-refractivity contribution in [2.45, 2.75) is 12.8 Å². The molecule has 0 bridgehead atoms. The molecular weight excluding hydrogens is 198 g/mol. The van der Waals surface area contributed by atoms with Crippen molar-refractivity contribution in [1.82, 2.24) is 5.32 Å². The quantitative estimate of drug-likeness (QED) is 0.509. The highest BCUT2D eigenvalue weighted by molar-refractivity contribution is 5.14. The summed E-state index contributed by atoms with van der Waals surface area (Å²) in [6.45, 7) is 7.14. The molecule has 0 heterocycles. The first kappa shape index (κ1) is 12.9. The van der Waals surface area contributed by atoms with E-state index in [1.54, 1.807) is 0 Å². The van der Waals surface area contributed by atoms with Crippen LogP contribution in [0.3, 0.4) is 0 Å². The Morgan fingerprint density at radius 1 is 1.12 bits per heavy atom. The smallest absolute Gasteiger partial charge is 0.0591 e. The highest BCUT2D eigenvalue weighted by Gasteiger charge is 1.91. The first-order chi connectivity index (χ1) is 7.93. The summed E-state index contributed by atoms with van der Waals surface area (Å²) in [5.41, 5.74) is 1.38. The van der Waals surface area contributed by atoms with Crippen molar-refractivity contribution in [1.29, 1.82) is 0 Å². The van der Waals surface area contributed by atoms with E-state index in [4.69, 9.17) is 4.74 Å². The van der Waals surface area contributed by atoms with Gasteiger partial charge in [0.05, 0.1) is 13.2 Å². The minimum atomic E-state index is 0.780. The Bertz CT molecular complexity index is 271. The number of hydrogen-bond donors (Lipinski definition) is 1. The summed E-state index contributed by atoms with van der Waals surface area (Å²) in [6.07, 6.45) is 3.89. The normalized spacial score (nSPS) is 10.2. The van der Waals surface area contributed by atoms with E-state index in [-0.39, 0.29) is 0 Å². The van der Waals surface area contributed by atoms with Crippen LogP contribution < -0.4 is 5.32 Å². The van der Waals surface area contributed by atoms with Crippen LogP contribution >= 0.6 is 0 Å². The van der Waals surface area contributed by atoms with Crippen LogP contribution in [0.25, 0.3) is 0 Å². The molecule has 0 aliphatic carbocycles. The number of benzene rings is 1. The van der Waals surface area contributed by atoms with Crippen molar-refractivity contribution in [2.75, 3.05) is 26.3 Å². The van der Waals surface area contributed by atoms with Crippen LogP contribution in [0, 0.1) is 0 Å². The summed E-state index contributed by atoms with van der Waals surface area (Å²) in [6, 6.07) is 10.5. The van der Waals surface area contributed by atoms with Crippen LogP contribution in [0.4, 0.5) is 0 Å². The molecule has 88 valence electrons. The molecule has 1 aromatic carbocycles. The van der Waals surface area contributed by atoms with E-state index in [1.165, 1.54) is 5.56 Å². The topological polar surface area (TPSA) is 21.3 Å². The molecule has 0 aliphatic rings. The lowest BCUT2D eigenvalue weighted by Gasteiger charge is -2.05. The lowest BCUT2D eigenvalue weighted by molar-refractivity contribution is 0.140. The van der Waals surface area contributed by atoms with Gasteiger partial charge >= 0.3 is 0 Å². The number of nitrogens with one attached hydrogen (secondary N) is 1. The standard InChI is InChI=1S/C14H21NO/c1-2-3-12-16-13-11-15-10-9-14-7-5-4-6-8-14/h2,4-8,15H,1,3,9-13H2. The monoisotopic (exact) mass is 219 g/mol. The van der Waals surface area contributed by atoms with Gasteiger partial charge in [0.1, 0.15) is 0 Å². The van der Waals surface area contributed by atoms with Crippen LogP contribution in [0.5, 0.6) is 0 Å². The van der Waals surface area contributed by atoms with Gasteiger partial charge in [-0.25, -0.2) is 0 Å². The molecule has 0 unspecified atom stereocenters. The van der Waals surface area contributed by atoms with Crippen LogP contribution in [0.15, 0.2) is 43.0 Å². The third kappa shape index (κ3) is 6.38. The average molecular weight is 219 g/mol. The minimum Gasteiger partial charge on any atom is -0.380 e. The SMILES string of the molecule is C=CCCOCCNCCc1ccccc1. The molecule has 1 rings (SSSR count). The molecule has 0 fully saturated rings. The molecule has 0 atom stereocenters. The zero-order valence-electron chi connectivity index (χ0n) is 9.82. The second-order valence-corrected chi connectivity index (χ2v) is 3.68. The molecule has 16 heavy (non-hydrogen) atoms. The highest BCUT2D eigenvalue weighted by atomic mass is 16.5. The molecule has 0 aliphatic heterocycles. The van der Waals surface area contributed by atoms with Gasteiger partial charge in [0, 0.05) is 6.54 Å². The van der Waals surface area contributed by atoms with Crippen LogP contribution in [-0.2, 0) is 11.2 Å². The van der Waals surface area contributed by atoms with Gasteiger partial charge in [0.25, 0.3) is 0 Å². The van der Waals surface area contributed by atoms with Crippen molar-refractivity contribution in [3.8, 4) is 0 Å². The average Bonchev–Trinajstić information content (AvgIpc) is 2.34. The van der Waals surface area contributed by atoms with Crippen LogP contribution in [0.2, 0.25) is 0 Å². The summed E-state index contributed by atoms with van der Waals surface area (Å²) in [4.78, 5) is 0. The van der Waals surface area contributed by atoms with E-state index in [0.29, 0.717) is 0 Å². The zero-order chi connectivity index (χ0) is 11.5. The van der Waals surface area contributed by atoms with E-state index in [9.17, 15) is 0 Å². The number of rotatable bonds is 9. The maximum Gasteiger partial charge on any atom is 0.0591 e. The molecule has 0 saturated carbocycles. The van der Waals surface area contributed by atoms with E-state index in [0.717, 1.165) is 39.1 Å². The van der Waals surface area contributed by atoms with Crippen molar-refractivity contribution in [2.24, 2.45) is 0 Å². The van der Waals surface area contributed by atoms with Gasteiger partial charge in [-0.05, 0) is 24.9 Å². The Morgan fingerprint density at radius 3 is 2.69 bits per heavy atom. The highest BCUT2D eigenvalue weighted by Crippen LogP contribution is 1.97. The second kappa shape index (κ2) is 9.13. The van der Waals surface area contributed by atoms with Crippen LogP contribution in [-0.4, -0.2) is 26.3 Å². The Balaban J connectivity index is 1.90. The first-order valence-electron chi connectivity index (χ1n) is 5.87. The summed E-state index contributed by atoms with van der Waals surface area (Å²) in [5.74, 6) is 0. The number of ether oxygens (including phenoxy) is 1. The van der Waals surface area contributed by atoms with Crippen LogP contribution in [0.1, 0.15) is 12.0 Å². The maximum absolute atomic E-state index is 5.39. The van der Waals surface area contributed by atoms with Gasteiger partial charge in [0.2, 0.25) is 0 Å². The fraction of sp³-hybridized carbons (Fsp3) is 0.429. The summed E-state index contributed by atoms with van der Waals surface area (Å²) in [5, 5.41) is 3.36. The lowest BCUT2D eigenvalue weighted by Crippen LogP contribution is -2.22. The summed E-state index contributed by atoms with van der Waals surface area (Å²) in [7, 11) is 0. The van der Waals surface area contributed by atoms with E-state index >= 15 is 0 Å². The Hall–Kier alpha value is -1.12. The van der Waals surface area contributed by atoms with Crippen molar-refractivity contribution >= 4 is 0 Å². The molecule has 0 aromatic heterocycles. The van der Waals surface area contributed by atoms with Gasteiger partial charge in [-0.3, -0.25) is 0 Å². The van der Waals surface area contributed by atoms with Gasteiger partial charge < -0.3 is 10.1 Å². The Kier molecular flexibility index (Phi) is 7.39. The third-order valence-corrected chi connectivity index (χ3v) is 2.32. The van der Waals surface area contributed by atoms with E-state index in [2.05, 4.69) is 36.2 Å². The van der Waals surface area contributed by atoms with Gasteiger partial charge in [-0.2, -0.15) is 0 Å². The first-order valence-corrected chi connectivity index (χ1v) is 5.87. The Labute approximate surface area is 98.3 Å². The van der Waals surface area contributed by atoms with Crippen molar-refractivity contribution in [3.63, 3.8) is 0 Å². The minimum absolute atomic E-state index is 0.780. The predicted octanol–water partition coefficient (Wildman–Crippen LogP) is 2.41. The zero-order valence-corrected chi connectivity index (χ0v) is 9.82. The molecule has 1 N–H and O–H groups in total. The fourth-order valence-electron chi connectivity index (χ4n) is 1.42. The molecule has 1 aromatic rings.